The molecule has 7 aromatic rings. The van der Waals surface area contributed by atoms with E-state index in [2.05, 4.69) is 0 Å². The van der Waals surface area contributed by atoms with Crippen molar-refractivity contribution in [1.82, 2.24) is 0 Å². The average Bonchev–Trinajstić information content (AvgIpc) is 2.67. The first kappa shape index (κ1) is 66.2. The Hall–Kier alpha value is -10.9. The lowest BCUT2D eigenvalue weighted by atomic mass is 9.81. The largest absolute Gasteiger partial charge is 0.508 e. The lowest BCUT2D eigenvalue weighted by molar-refractivity contribution is -0.178. The maximum absolute atomic E-state index is 11.8. The Bertz CT molecular complexity index is 3570. The Labute approximate surface area is 496 Å². The Morgan fingerprint density at radius 3 is 1.30 bits per heavy atom. The number of esters is 1. The van der Waals surface area contributed by atoms with Crippen LogP contribution in [-0.4, -0.2) is 166 Å². The predicted molar refractivity (Wildman–Crippen MR) is 301 cm³/mol. The van der Waals surface area contributed by atoms with Crippen LogP contribution in [0.25, 0.3) is 6.08 Å². The third-order valence-corrected chi connectivity index (χ3v) is 13.3. The van der Waals surface area contributed by atoms with Gasteiger partial charge in [-0.15, -0.1) is 0 Å². The summed E-state index contributed by atoms with van der Waals surface area (Å²) in [7, 11) is 0. The molecule has 3 aliphatic rings. The molecule has 1 fully saturated rings. The summed E-state index contributed by atoms with van der Waals surface area (Å²) in [4.78, 5) is 32.4. The van der Waals surface area contributed by atoms with Gasteiger partial charge in [-0.25, -0.2) is 14.4 Å². The van der Waals surface area contributed by atoms with E-state index in [1.807, 2.05) is 0 Å². The fourth-order valence-corrected chi connectivity index (χ4v) is 8.88. The number of hydrogen-bond donors (Lipinski definition) is 22. The third-order valence-electron chi connectivity index (χ3n) is 13.3. The molecule has 1 saturated carbocycles. The smallest absolute Gasteiger partial charge is 0.335 e. The number of rotatable bonds is 7. The molecule has 2 aliphatic heterocycles. The van der Waals surface area contributed by atoms with Crippen LogP contribution in [0.15, 0.2) is 115 Å². The van der Waals surface area contributed by atoms with Crippen LogP contribution in [0.2, 0.25) is 0 Å². The lowest BCUT2D eigenvalue weighted by Gasteiger charge is -2.39. The van der Waals surface area contributed by atoms with Crippen molar-refractivity contribution in [3.05, 3.63) is 154 Å². The molecular formula is C60H60O28. The Morgan fingerprint density at radius 2 is 0.875 bits per heavy atom. The molecule has 0 radical (unpaired) electrons. The number of ether oxygens (including phenoxy) is 3. The summed E-state index contributed by atoms with van der Waals surface area (Å²) in [5.74, 6) is -7.75. The highest BCUT2D eigenvalue weighted by atomic mass is 16.6. The topological polar surface area (TPSA) is 524 Å². The zero-order valence-corrected chi connectivity index (χ0v) is 45.7. The molecule has 0 amide bonds. The number of aromatic carboxylic acids is 2. The minimum atomic E-state index is -1.29. The molecule has 0 unspecified atom stereocenters. The number of carboxylic acid groups (broad SMARTS) is 2. The molecule has 8 atom stereocenters. The quantitative estimate of drug-likeness (QED) is 0.0585. The molecule has 88 heavy (non-hydrogen) atoms. The van der Waals surface area contributed by atoms with Gasteiger partial charge >= 0.3 is 17.9 Å². The molecule has 1 aliphatic carbocycles. The second kappa shape index (κ2) is 27.9. The number of benzene rings is 7. The monoisotopic (exact) mass is 1230 g/mol. The van der Waals surface area contributed by atoms with Crippen LogP contribution in [0.1, 0.15) is 80.5 Å². The summed E-state index contributed by atoms with van der Waals surface area (Å²) in [6.07, 6.45) is -4.08. The summed E-state index contributed by atoms with van der Waals surface area (Å²) in [5, 5.41) is 206. The van der Waals surface area contributed by atoms with Crippen LogP contribution in [0.4, 0.5) is 0 Å². The maximum atomic E-state index is 11.8. The first-order valence-electron chi connectivity index (χ1n) is 25.8. The minimum absolute atomic E-state index is 0.00480. The van der Waals surface area contributed by atoms with Crippen molar-refractivity contribution in [3.63, 3.8) is 0 Å². The van der Waals surface area contributed by atoms with Gasteiger partial charge in [-0.1, -0.05) is 18.2 Å². The highest BCUT2D eigenvalue weighted by Crippen LogP contribution is 2.45. The maximum Gasteiger partial charge on any atom is 0.335 e. The van der Waals surface area contributed by atoms with Crippen LogP contribution in [0.5, 0.6) is 97.7 Å². The Kier molecular flexibility index (Phi) is 21.0. The number of carboxylic acids is 2. The Balaban J connectivity index is 0.000000180. The summed E-state index contributed by atoms with van der Waals surface area (Å²) in [6.45, 7) is 1.50. The number of carbonyl (C=O) groups is 3. The van der Waals surface area contributed by atoms with Crippen molar-refractivity contribution in [1.29, 1.82) is 0 Å². The summed E-state index contributed by atoms with van der Waals surface area (Å²) >= 11 is 0. The van der Waals surface area contributed by atoms with Crippen molar-refractivity contribution in [2.75, 3.05) is 0 Å². The van der Waals surface area contributed by atoms with Crippen LogP contribution in [0, 0.1) is 0 Å². The molecular weight excluding hydrogens is 1170 g/mol. The number of hydrogen-bond acceptors (Lipinski definition) is 26. The van der Waals surface area contributed by atoms with Crippen molar-refractivity contribution in [2.45, 2.75) is 80.9 Å². The molecule has 0 saturated heterocycles. The zero-order valence-electron chi connectivity index (χ0n) is 45.7. The van der Waals surface area contributed by atoms with E-state index < -0.39 is 89.2 Å². The number of aromatic hydroxyl groups is 15. The van der Waals surface area contributed by atoms with Gasteiger partial charge in [0.25, 0.3) is 0 Å². The van der Waals surface area contributed by atoms with E-state index in [-0.39, 0.29) is 112 Å². The standard InChI is InChI=1S/C16H20O7.2C15H14O6.C7H6O5.C7H6O4/c1-16(22)7-12(19)15(21)13(8-16)23-14(20)5-3-9-2-4-10(17)11(18)6-9;2*16-8-4-11(18)9-6-13(20)15(21-14(9)5-8)7-1-2-10(17)12(19)3-7;8-4-1-3(7(11)12)2-5(9)6(4)10;8-5-2-1-4(7(10)11)3-6(5)9/h2-6,12-13,15,17-19,21-22H,7-8H2,1H3;2*1-5,13,15-20H,6H2;1-2,8-10H,(H,11,12);1-3,8-9H,(H,10,11)/t12-,13-,15-,16+;13-,15+;13-,15-;;/m101../s1. The normalized spacial score (nSPS) is 20.5. The summed E-state index contributed by atoms with van der Waals surface area (Å²) in [5.41, 5.74) is 0.684. The molecule has 468 valence electrons. The molecule has 0 spiro atoms. The highest BCUT2D eigenvalue weighted by Gasteiger charge is 2.43. The number of phenolic OH excluding ortho intramolecular Hbond substituents is 15. The summed E-state index contributed by atoms with van der Waals surface area (Å²) in [6, 6.07) is 22.4. The van der Waals surface area contributed by atoms with Crippen molar-refractivity contribution >= 4 is 24.0 Å². The van der Waals surface area contributed by atoms with Crippen LogP contribution >= 0.6 is 0 Å². The van der Waals surface area contributed by atoms with E-state index >= 15 is 0 Å². The molecule has 0 bridgehead atoms. The van der Waals surface area contributed by atoms with Crippen molar-refractivity contribution in [2.24, 2.45) is 0 Å². The molecule has 7 aromatic carbocycles. The number of fused-ring (bicyclic) bond motifs is 2. The molecule has 2 heterocycles. The van der Waals surface area contributed by atoms with Crippen molar-refractivity contribution in [3.8, 4) is 97.7 Å². The minimum Gasteiger partial charge on any atom is -0.508 e. The van der Waals surface area contributed by atoms with Gasteiger partial charge in [0, 0.05) is 67.2 Å². The molecule has 10 rings (SSSR count). The lowest BCUT2D eigenvalue weighted by Crippen LogP contribution is -2.52. The van der Waals surface area contributed by atoms with Gasteiger partial charge in [-0.05, 0) is 96.4 Å². The predicted octanol–water partition coefficient (Wildman–Crippen LogP) is 4.68. The second-order valence-corrected chi connectivity index (χ2v) is 20.2. The molecule has 0 aromatic heterocycles. The van der Waals surface area contributed by atoms with Gasteiger partial charge in [0.1, 0.15) is 58.9 Å². The van der Waals surface area contributed by atoms with Gasteiger partial charge < -0.3 is 127 Å². The van der Waals surface area contributed by atoms with E-state index in [0.717, 1.165) is 30.3 Å². The molecule has 28 nitrogen and oxygen atoms in total. The summed E-state index contributed by atoms with van der Waals surface area (Å²) < 4.78 is 16.3. The van der Waals surface area contributed by atoms with Gasteiger partial charge in [-0.3, -0.25) is 0 Å². The van der Waals surface area contributed by atoms with E-state index in [1.54, 1.807) is 0 Å². The van der Waals surface area contributed by atoms with E-state index in [9.17, 15) is 91.0 Å². The average molecular weight is 1230 g/mol. The number of phenols is 15. The van der Waals surface area contributed by atoms with Crippen LogP contribution in [-0.2, 0) is 22.4 Å². The van der Waals surface area contributed by atoms with Crippen LogP contribution < -0.4 is 9.47 Å². The van der Waals surface area contributed by atoms with E-state index in [4.69, 9.17) is 50.0 Å². The third kappa shape index (κ3) is 16.9. The van der Waals surface area contributed by atoms with Gasteiger partial charge in [0.05, 0.1) is 35.0 Å². The zero-order chi connectivity index (χ0) is 65.2. The second-order valence-electron chi connectivity index (χ2n) is 20.2. The first-order valence-corrected chi connectivity index (χ1v) is 25.8. The van der Waals surface area contributed by atoms with Gasteiger partial charge in [-0.2, -0.15) is 0 Å². The van der Waals surface area contributed by atoms with Gasteiger partial charge in [0.15, 0.2) is 63.2 Å². The number of carbonyl (C=O) groups excluding carboxylic acids is 1. The van der Waals surface area contributed by atoms with Crippen molar-refractivity contribution < 1.29 is 141 Å². The number of aliphatic hydroxyl groups is 5. The van der Waals surface area contributed by atoms with Crippen LogP contribution in [0.3, 0.4) is 0 Å². The van der Waals surface area contributed by atoms with Gasteiger partial charge in [0.2, 0.25) is 0 Å². The fraction of sp³-hybridized carbons (Fsp3) is 0.217. The first-order chi connectivity index (χ1) is 41.2. The highest BCUT2D eigenvalue weighted by molar-refractivity contribution is 5.90. The molecule has 22 N–H and O–H groups in total. The Morgan fingerprint density at radius 1 is 0.466 bits per heavy atom. The SMILES string of the molecule is C[C@]1(O)C[C@@H](O)[C@@H](O)[C@H](OC(=O)C=Cc2ccc(O)c(O)c2)C1.O=C(O)c1cc(O)c(O)c(O)c1.O=C(O)c1ccc(O)c(O)c1.Oc1cc(O)c2c(c1)O[C@H](c1ccc(O)c(O)c1)[C@@H](O)C2.Oc1cc(O)c2c(c1)O[C@H](c1ccc(O)c(O)c1)[C@H](O)C2. The fourth-order valence-electron chi connectivity index (χ4n) is 8.88. The van der Waals surface area contributed by atoms with E-state index in [1.165, 1.54) is 97.9 Å². The molecule has 28 heteroatoms. The van der Waals surface area contributed by atoms with E-state index in [0.29, 0.717) is 27.8 Å². The number of aliphatic hydroxyl groups excluding tert-OH is 4.